The molecular weight excluding hydrogens is 410 g/mol. The minimum absolute atomic E-state index is 0.0519. The van der Waals surface area contributed by atoms with Gasteiger partial charge in [-0.1, -0.05) is 50.6 Å². The third kappa shape index (κ3) is 7.08. The van der Waals surface area contributed by atoms with Gasteiger partial charge in [-0.05, 0) is 62.8 Å². The van der Waals surface area contributed by atoms with Crippen molar-refractivity contribution < 1.29 is 9.53 Å². The molecule has 0 atom stereocenters. The van der Waals surface area contributed by atoms with Crippen molar-refractivity contribution in [3.8, 4) is 5.75 Å². The van der Waals surface area contributed by atoms with E-state index in [1.165, 1.54) is 16.6 Å². The number of nitrogens with zero attached hydrogens (tertiary/aromatic N) is 2. The molecule has 0 aliphatic rings. The van der Waals surface area contributed by atoms with Crippen LogP contribution in [0.2, 0.25) is 0 Å². The average molecular weight is 450 g/mol. The van der Waals surface area contributed by atoms with Gasteiger partial charge in [0.1, 0.15) is 11.6 Å². The number of unbranched alkanes of at least 4 members (excludes halogenated alkanes) is 3. The number of rotatable bonds is 13. The van der Waals surface area contributed by atoms with Gasteiger partial charge >= 0.3 is 0 Å². The average Bonchev–Trinajstić information content (AvgIpc) is 3.14. The lowest BCUT2D eigenvalue weighted by atomic mass is 10.1. The Hall–Kier alpha value is -2.82. The fourth-order valence-corrected chi connectivity index (χ4v) is 4.14. The Kier molecular flexibility index (Phi) is 9.35. The smallest absolute Gasteiger partial charge is 0.222 e. The standard InChI is InChI=1S/C28H39N3O2/c1-21(2)28(32)29-18-9-5-6-17-26-30-24-15-7-8-16-25(24)31(26)19-10-11-20-33-27-22(3)13-12-14-23(27)4/h7-8,12-16,21H,5-6,9-11,17-20H2,1-4H3,(H,29,32). The Bertz CT molecular complexity index is 1020. The lowest BCUT2D eigenvalue weighted by molar-refractivity contribution is -0.123. The first-order valence-corrected chi connectivity index (χ1v) is 12.4. The van der Waals surface area contributed by atoms with Crippen LogP contribution in [0.3, 0.4) is 0 Å². The second kappa shape index (κ2) is 12.4. The molecule has 0 bridgehead atoms. The molecule has 0 radical (unpaired) electrons. The summed E-state index contributed by atoms with van der Waals surface area (Å²) >= 11 is 0. The molecule has 5 nitrogen and oxygen atoms in total. The topological polar surface area (TPSA) is 56.1 Å². The number of benzene rings is 2. The number of amides is 1. The zero-order chi connectivity index (χ0) is 23.6. The van der Waals surface area contributed by atoms with Gasteiger partial charge in [0.2, 0.25) is 5.91 Å². The summed E-state index contributed by atoms with van der Waals surface area (Å²) in [5.41, 5.74) is 4.68. The summed E-state index contributed by atoms with van der Waals surface area (Å²) in [5, 5.41) is 3.00. The van der Waals surface area contributed by atoms with Crippen molar-refractivity contribution >= 4 is 16.9 Å². The maximum atomic E-state index is 11.7. The second-order valence-corrected chi connectivity index (χ2v) is 9.20. The van der Waals surface area contributed by atoms with Crippen LogP contribution < -0.4 is 10.1 Å². The van der Waals surface area contributed by atoms with Crippen LogP contribution in [0, 0.1) is 19.8 Å². The largest absolute Gasteiger partial charge is 0.493 e. The minimum Gasteiger partial charge on any atom is -0.493 e. The number of para-hydroxylation sites is 3. The molecule has 0 saturated heterocycles. The third-order valence-electron chi connectivity index (χ3n) is 6.07. The summed E-state index contributed by atoms with van der Waals surface area (Å²) < 4.78 is 8.47. The predicted octanol–water partition coefficient (Wildman–Crippen LogP) is 6.00. The van der Waals surface area contributed by atoms with Crippen LogP contribution >= 0.6 is 0 Å². The molecule has 0 aliphatic heterocycles. The van der Waals surface area contributed by atoms with Gasteiger partial charge in [-0.2, -0.15) is 0 Å². The van der Waals surface area contributed by atoms with E-state index in [9.17, 15) is 4.79 Å². The Labute approximate surface area is 198 Å². The summed E-state index contributed by atoms with van der Waals surface area (Å²) in [7, 11) is 0. The molecule has 3 rings (SSSR count). The second-order valence-electron chi connectivity index (χ2n) is 9.20. The van der Waals surface area contributed by atoms with Crippen LogP contribution in [-0.4, -0.2) is 28.6 Å². The van der Waals surface area contributed by atoms with E-state index in [0.717, 1.165) is 75.3 Å². The monoisotopic (exact) mass is 449 g/mol. The van der Waals surface area contributed by atoms with Crippen molar-refractivity contribution in [2.75, 3.05) is 13.2 Å². The Morgan fingerprint density at radius 2 is 1.73 bits per heavy atom. The number of carbonyl (C=O) groups excluding carboxylic acids is 1. The molecule has 3 aromatic rings. The quantitative estimate of drug-likeness (QED) is 0.326. The number of carbonyl (C=O) groups is 1. The Morgan fingerprint density at radius 1 is 0.970 bits per heavy atom. The minimum atomic E-state index is 0.0519. The van der Waals surface area contributed by atoms with E-state index in [2.05, 4.69) is 66.2 Å². The fourth-order valence-electron chi connectivity index (χ4n) is 4.14. The van der Waals surface area contributed by atoms with E-state index in [-0.39, 0.29) is 11.8 Å². The van der Waals surface area contributed by atoms with Crippen molar-refractivity contribution in [1.29, 1.82) is 0 Å². The molecule has 2 aromatic carbocycles. The highest BCUT2D eigenvalue weighted by Crippen LogP contribution is 2.23. The van der Waals surface area contributed by atoms with Crippen LogP contribution in [0.1, 0.15) is 62.9 Å². The van der Waals surface area contributed by atoms with E-state index >= 15 is 0 Å². The van der Waals surface area contributed by atoms with Crippen molar-refractivity contribution in [2.24, 2.45) is 5.92 Å². The zero-order valence-corrected chi connectivity index (χ0v) is 20.7. The van der Waals surface area contributed by atoms with Gasteiger partial charge in [0, 0.05) is 25.4 Å². The van der Waals surface area contributed by atoms with Gasteiger partial charge in [0.05, 0.1) is 17.6 Å². The molecule has 0 unspecified atom stereocenters. The number of fused-ring (bicyclic) bond motifs is 1. The van der Waals surface area contributed by atoms with E-state index in [1.54, 1.807) is 0 Å². The van der Waals surface area contributed by atoms with Crippen LogP contribution in [0.25, 0.3) is 11.0 Å². The first-order chi connectivity index (χ1) is 16.0. The molecule has 1 N–H and O–H groups in total. The molecular formula is C28H39N3O2. The summed E-state index contributed by atoms with van der Waals surface area (Å²) in [4.78, 5) is 16.6. The van der Waals surface area contributed by atoms with E-state index in [1.807, 2.05) is 13.8 Å². The fraction of sp³-hybridized carbons (Fsp3) is 0.500. The SMILES string of the molecule is Cc1cccc(C)c1OCCCCn1c(CCCCCNC(=O)C(C)C)nc2ccccc21. The number of nitrogens with one attached hydrogen (secondary N) is 1. The van der Waals surface area contributed by atoms with Crippen LogP contribution in [0.15, 0.2) is 42.5 Å². The van der Waals surface area contributed by atoms with Crippen LogP contribution in [-0.2, 0) is 17.8 Å². The van der Waals surface area contributed by atoms with Crippen LogP contribution in [0.4, 0.5) is 0 Å². The highest BCUT2D eigenvalue weighted by atomic mass is 16.5. The van der Waals surface area contributed by atoms with E-state index in [0.29, 0.717) is 0 Å². The molecule has 1 aromatic heterocycles. The summed E-state index contributed by atoms with van der Waals surface area (Å²) in [6, 6.07) is 14.7. The van der Waals surface area contributed by atoms with Crippen molar-refractivity contribution in [1.82, 2.24) is 14.9 Å². The molecule has 178 valence electrons. The van der Waals surface area contributed by atoms with E-state index < -0.39 is 0 Å². The number of hydrogen-bond acceptors (Lipinski definition) is 3. The van der Waals surface area contributed by atoms with Gasteiger partial charge in [-0.15, -0.1) is 0 Å². The number of aromatic nitrogens is 2. The molecule has 0 saturated carbocycles. The maximum Gasteiger partial charge on any atom is 0.222 e. The van der Waals surface area contributed by atoms with Gasteiger partial charge < -0.3 is 14.6 Å². The predicted molar refractivity (Wildman–Crippen MR) is 136 cm³/mol. The molecule has 0 spiro atoms. The first-order valence-electron chi connectivity index (χ1n) is 12.4. The molecule has 0 aliphatic carbocycles. The van der Waals surface area contributed by atoms with Gasteiger partial charge in [0.25, 0.3) is 0 Å². The van der Waals surface area contributed by atoms with Gasteiger partial charge in [-0.3, -0.25) is 4.79 Å². The van der Waals surface area contributed by atoms with Crippen molar-refractivity contribution in [2.45, 2.75) is 72.8 Å². The number of hydrogen-bond donors (Lipinski definition) is 1. The normalized spacial score (nSPS) is 11.3. The third-order valence-corrected chi connectivity index (χ3v) is 6.07. The molecule has 0 fully saturated rings. The van der Waals surface area contributed by atoms with Crippen molar-refractivity contribution in [3.63, 3.8) is 0 Å². The Balaban J connectivity index is 1.48. The first kappa shape index (κ1) is 24.8. The van der Waals surface area contributed by atoms with Crippen molar-refractivity contribution in [3.05, 3.63) is 59.4 Å². The lowest BCUT2D eigenvalue weighted by Crippen LogP contribution is -2.28. The molecule has 33 heavy (non-hydrogen) atoms. The number of imidazole rings is 1. The van der Waals surface area contributed by atoms with E-state index in [4.69, 9.17) is 9.72 Å². The lowest BCUT2D eigenvalue weighted by Gasteiger charge is -2.13. The molecule has 1 amide bonds. The maximum absolute atomic E-state index is 11.7. The summed E-state index contributed by atoms with van der Waals surface area (Å²) in [6.45, 7) is 10.5. The highest BCUT2D eigenvalue weighted by Gasteiger charge is 2.11. The van der Waals surface area contributed by atoms with Crippen LogP contribution in [0.5, 0.6) is 5.75 Å². The molecule has 5 heteroatoms. The number of ether oxygens (including phenoxy) is 1. The Morgan fingerprint density at radius 3 is 2.48 bits per heavy atom. The zero-order valence-electron chi connectivity index (χ0n) is 20.7. The van der Waals surface area contributed by atoms with Gasteiger partial charge in [0.15, 0.2) is 0 Å². The molecule has 1 heterocycles. The summed E-state index contributed by atoms with van der Waals surface area (Å²) in [5.74, 6) is 2.38. The number of aryl methyl sites for hydroxylation is 4. The summed E-state index contributed by atoms with van der Waals surface area (Å²) in [6.07, 6.45) is 6.20. The highest BCUT2D eigenvalue weighted by molar-refractivity contribution is 5.77. The van der Waals surface area contributed by atoms with Gasteiger partial charge in [-0.25, -0.2) is 4.98 Å².